The molecule has 0 spiro atoms. The van der Waals surface area contributed by atoms with Gasteiger partial charge in [-0.1, -0.05) is 27.7 Å². The molecule has 15 heavy (non-hydrogen) atoms. The second-order valence-corrected chi connectivity index (χ2v) is 2.60. The molecule has 0 radical (unpaired) electrons. The maximum atomic E-state index is 4.24. The molecule has 0 aliphatic heterocycles. The van der Waals surface area contributed by atoms with Crippen LogP contribution in [0.3, 0.4) is 0 Å². The Hall–Kier alpha value is -1.38. The molecule has 84 valence electrons. The van der Waals surface area contributed by atoms with Gasteiger partial charge in [0.1, 0.15) is 11.5 Å². The zero-order valence-corrected chi connectivity index (χ0v) is 10.5. The lowest BCUT2D eigenvalue weighted by Gasteiger charge is -1.95. The fourth-order valence-corrected chi connectivity index (χ4v) is 1.23. The Kier molecular flexibility index (Phi) is 6.34. The van der Waals surface area contributed by atoms with Gasteiger partial charge in [-0.2, -0.15) is 0 Å². The largest absolute Gasteiger partial charge is 0.346 e. The van der Waals surface area contributed by atoms with Crippen molar-refractivity contribution in [3.05, 3.63) is 23.8 Å². The Morgan fingerprint density at radius 1 is 1.00 bits per heavy atom. The van der Waals surface area contributed by atoms with E-state index in [1.807, 2.05) is 53.8 Å². The van der Waals surface area contributed by atoms with Crippen molar-refractivity contribution in [2.75, 3.05) is 0 Å². The van der Waals surface area contributed by atoms with Crippen LogP contribution in [-0.2, 0) is 0 Å². The molecule has 0 saturated carbocycles. The molecule has 0 fully saturated rings. The molecular formula is C12H21N3. The zero-order chi connectivity index (χ0) is 11.8. The summed E-state index contributed by atoms with van der Waals surface area (Å²) in [6.45, 7) is 11.9. The van der Waals surface area contributed by atoms with Crippen LogP contribution in [-0.4, -0.2) is 15.0 Å². The minimum absolute atomic E-state index is 0.817. The highest BCUT2D eigenvalue weighted by atomic mass is 14.9. The first-order valence-electron chi connectivity index (χ1n) is 5.56. The molecule has 0 amide bonds. The summed E-state index contributed by atoms with van der Waals surface area (Å²) in [6.07, 6.45) is 1.88. The molecule has 0 bridgehead atoms. The number of aromatic amines is 1. The number of rotatable bonds is 0. The molecule has 0 aliphatic rings. The third kappa shape index (κ3) is 3.35. The van der Waals surface area contributed by atoms with Crippen LogP contribution in [0.1, 0.15) is 39.2 Å². The summed E-state index contributed by atoms with van der Waals surface area (Å²) in [5.74, 6) is 0.817. The van der Waals surface area contributed by atoms with Crippen molar-refractivity contribution in [1.82, 2.24) is 15.0 Å². The van der Waals surface area contributed by atoms with E-state index in [0.717, 1.165) is 22.6 Å². The zero-order valence-electron chi connectivity index (χ0n) is 10.5. The van der Waals surface area contributed by atoms with Crippen LogP contribution in [0.4, 0.5) is 0 Å². The summed E-state index contributed by atoms with van der Waals surface area (Å²) in [6, 6.07) is 1.99. The highest BCUT2D eigenvalue weighted by molar-refractivity contribution is 5.77. The summed E-state index contributed by atoms with van der Waals surface area (Å²) >= 11 is 0. The van der Waals surface area contributed by atoms with E-state index in [1.165, 1.54) is 0 Å². The molecule has 0 unspecified atom stereocenters. The van der Waals surface area contributed by atoms with Crippen molar-refractivity contribution in [3.63, 3.8) is 0 Å². The number of aryl methyl sites for hydroxylation is 2. The van der Waals surface area contributed by atoms with Gasteiger partial charge in [-0.15, -0.1) is 0 Å². The molecule has 0 aliphatic carbocycles. The Morgan fingerprint density at radius 2 is 1.60 bits per heavy atom. The molecule has 2 aromatic heterocycles. The number of nitrogens with one attached hydrogen (secondary N) is 1. The van der Waals surface area contributed by atoms with Crippen LogP contribution in [0.5, 0.6) is 0 Å². The molecule has 2 heterocycles. The van der Waals surface area contributed by atoms with Gasteiger partial charge in [0.25, 0.3) is 0 Å². The van der Waals surface area contributed by atoms with Crippen LogP contribution in [0.25, 0.3) is 11.0 Å². The van der Waals surface area contributed by atoms with Crippen LogP contribution >= 0.6 is 0 Å². The Morgan fingerprint density at radius 3 is 2.20 bits per heavy atom. The summed E-state index contributed by atoms with van der Waals surface area (Å²) in [5, 5.41) is 1.11. The van der Waals surface area contributed by atoms with Gasteiger partial charge in [0.2, 0.25) is 0 Å². The molecule has 0 atom stereocenters. The maximum absolute atomic E-state index is 4.24. The van der Waals surface area contributed by atoms with E-state index in [-0.39, 0.29) is 0 Å². The minimum Gasteiger partial charge on any atom is -0.346 e. The van der Waals surface area contributed by atoms with Gasteiger partial charge in [-0.25, -0.2) is 9.97 Å². The van der Waals surface area contributed by atoms with E-state index in [4.69, 9.17) is 0 Å². The molecule has 3 nitrogen and oxygen atoms in total. The predicted molar refractivity (Wildman–Crippen MR) is 66.1 cm³/mol. The summed E-state index contributed by atoms with van der Waals surface area (Å²) in [7, 11) is 0. The van der Waals surface area contributed by atoms with Crippen molar-refractivity contribution >= 4 is 11.0 Å². The lowest BCUT2D eigenvalue weighted by Crippen LogP contribution is -1.90. The lowest BCUT2D eigenvalue weighted by atomic mass is 10.3. The van der Waals surface area contributed by atoms with Crippen molar-refractivity contribution in [1.29, 1.82) is 0 Å². The van der Waals surface area contributed by atoms with Gasteiger partial charge < -0.3 is 4.98 Å². The Balaban J connectivity index is 0.000000442. The van der Waals surface area contributed by atoms with Gasteiger partial charge in [-0.3, -0.25) is 0 Å². The molecule has 0 aromatic carbocycles. The second-order valence-electron chi connectivity index (χ2n) is 2.60. The smallest absolute Gasteiger partial charge is 0.141 e. The maximum Gasteiger partial charge on any atom is 0.141 e. The highest BCUT2D eigenvalue weighted by Crippen LogP contribution is 2.12. The Bertz CT molecular complexity index is 391. The highest BCUT2D eigenvalue weighted by Gasteiger charge is 2.00. The van der Waals surface area contributed by atoms with Gasteiger partial charge in [0.05, 0.1) is 5.69 Å². The topological polar surface area (TPSA) is 41.6 Å². The number of nitrogens with zero attached hydrogens (tertiary/aromatic N) is 2. The monoisotopic (exact) mass is 207 g/mol. The first-order chi connectivity index (χ1) is 7.27. The summed E-state index contributed by atoms with van der Waals surface area (Å²) in [5.41, 5.74) is 1.96. The van der Waals surface area contributed by atoms with E-state index < -0.39 is 0 Å². The first-order valence-corrected chi connectivity index (χ1v) is 5.56. The third-order valence-electron chi connectivity index (χ3n) is 1.72. The lowest BCUT2D eigenvalue weighted by molar-refractivity contribution is 1.04. The van der Waals surface area contributed by atoms with Crippen LogP contribution < -0.4 is 0 Å². The number of hydrogen-bond acceptors (Lipinski definition) is 2. The van der Waals surface area contributed by atoms with Crippen molar-refractivity contribution < 1.29 is 0 Å². The van der Waals surface area contributed by atoms with E-state index in [2.05, 4.69) is 15.0 Å². The van der Waals surface area contributed by atoms with Crippen LogP contribution in [0.2, 0.25) is 0 Å². The number of H-pyrrole nitrogens is 1. The molecule has 2 aromatic rings. The minimum atomic E-state index is 0.817. The third-order valence-corrected chi connectivity index (χ3v) is 1.72. The van der Waals surface area contributed by atoms with Crippen LogP contribution in [0, 0.1) is 13.8 Å². The molecule has 2 rings (SSSR count). The average molecular weight is 207 g/mol. The van der Waals surface area contributed by atoms with Crippen LogP contribution in [0.15, 0.2) is 12.3 Å². The van der Waals surface area contributed by atoms with Gasteiger partial charge in [0.15, 0.2) is 0 Å². The Labute approximate surface area is 92.0 Å². The summed E-state index contributed by atoms with van der Waals surface area (Å²) in [4.78, 5) is 11.5. The fourth-order valence-electron chi connectivity index (χ4n) is 1.23. The standard InChI is InChI=1S/C8H9N3.2C2H6/c1-5-7-3-4-9-8(7)11-6(2)10-5;2*1-2/h3-4H,1-2H3,(H,9,10,11);2*1-2H3. The number of hydrogen-bond donors (Lipinski definition) is 1. The number of aromatic nitrogens is 3. The van der Waals surface area contributed by atoms with Gasteiger partial charge in [0, 0.05) is 11.6 Å². The summed E-state index contributed by atoms with van der Waals surface area (Å²) < 4.78 is 0. The molecule has 1 N–H and O–H groups in total. The van der Waals surface area contributed by atoms with Gasteiger partial charge >= 0.3 is 0 Å². The van der Waals surface area contributed by atoms with Crippen molar-refractivity contribution in [2.45, 2.75) is 41.5 Å². The molecular weight excluding hydrogens is 186 g/mol. The normalized spacial score (nSPS) is 8.67. The predicted octanol–water partition coefficient (Wildman–Crippen LogP) is 3.63. The molecule has 0 saturated heterocycles. The first kappa shape index (κ1) is 13.6. The van der Waals surface area contributed by atoms with Gasteiger partial charge in [-0.05, 0) is 19.9 Å². The van der Waals surface area contributed by atoms with E-state index in [9.17, 15) is 0 Å². The SMILES string of the molecule is CC.CC.Cc1nc(C)c2cc[nH]c2n1. The van der Waals surface area contributed by atoms with E-state index >= 15 is 0 Å². The average Bonchev–Trinajstić information content (AvgIpc) is 2.72. The van der Waals surface area contributed by atoms with E-state index in [1.54, 1.807) is 0 Å². The quantitative estimate of drug-likeness (QED) is 0.716. The van der Waals surface area contributed by atoms with Crippen molar-refractivity contribution in [2.24, 2.45) is 0 Å². The van der Waals surface area contributed by atoms with Crippen molar-refractivity contribution in [3.8, 4) is 0 Å². The number of fused-ring (bicyclic) bond motifs is 1. The fraction of sp³-hybridized carbons (Fsp3) is 0.500. The van der Waals surface area contributed by atoms with E-state index in [0.29, 0.717) is 0 Å². The molecule has 3 heteroatoms. The second kappa shape index (κ2) is 6.98.